The summed E-state index contributed by atoms with van der Waals surface area (Å²) in [5, 5.41) is 3.01. The maximum absolute atomic E-state index is 12.8. The third-order valence-corrected chi connectivity index (χ3v) is 5.66. The first-order valence-corrected chi connectivity index (χ1v) is 9.38. The van der Waals surface area contributed by atoms with E-state index in [1.54, 1.807) is 43.4 Å². The fraction of sp³-hybridized carbons (Fsp3) is 0.167. The van der Waals surface area contributed by atoms with Crippen LogP contribution in [0, 0.1) is 0 Å². The molecule has 2 aromatic carbocycles. The highest BCUT2D eigenvalue weighted by atomic mass is 35.5. The maximum atomic E-state index is 12.8. The summed E-state index contributed by atoms with van der Waals surface area (Å²) in [6.45, 7) is 3.97. The van der Waals surface area contributed by atoms with E-state index in [4.69, 9.17) is 11.6 Å². The lowest BCUT2D eigenvalue weighted by Gasteiger charge is -2.21. The normalized spacial score (nSPS) is 11.3. The van der Waals surface area contributed by atoms with Gasteiger partial charge in [-0.3, -0.25) is 4.79 Å². The first-order chi connectivity index (χ1) is 11.9. The van der Waals surface area contributed by atoms with E-state index in [1.807, 2.05) is 0 Å². The van der Waals surface area contributed by atoms with Crippen molar-refractivity contribution in [2.24, 2.45) is 0 Å². The Morgan fingerprint density at radius 1 is 1.16 bits per heavy atom. The maximum Gasteiger partial charge on any atom is 0.251 e. The van der Waals surface area contributed by atoms with Crippen LogP contribution in [0.15, 0.2) is 66.1 Å². The average molecular weight is 379 g/mol. The molecule has 1 amide bonds. The third-order valence-electron chi connectivity index (χ3n) is 3.59. The van der Waals surface area contributed by atoms with Gasteiger partial charge in [0.25, 0.3) is 5.91 Å². The monoisotopic (exact) mass is 378 g/mol. The number of halogens is 1. The number of amides is 1. The van der Waals surface area contributed by atoms with Crippen LogP contribution in [0.1, 0.15) is 15.9 Å². The summed E-state index contributed by atoms with van der Waals surface area (Å²) < 4.78 is 27.0. The fourth-order valence-corrected chi connectivity index (χ4v) is 3.78. The van der Waals surface area contributed by atoms with Crippen molar-refractivity contribution in [1.82, 2.24) is 9.62 Å². The molecule has 0 aliphatic carbocycles. The van der Waals surface area contributed by atoms with Crippen molar-refractivity contribution in [3.05, 3.63) is 77.3 Å². The van der Waals surface area contributed by atoms with Crippen LogP contribution in [0.5, 0.6) is 0 Å². The smallest absolute Gasteiger partial charge is 0.251 e. The van der Waals surface area contributed by atoms with Gasteiger partial charge in [0, 0.05) is 30.7 Å². The van der Waals surface area contributed by atoms with Gasteiger partial charge in [0.05, 0.1) is 4.90 Å². The van der Waals surface area contributed by atoms with E-state index in [0.29, 0.717) is 10.6 Å². The lowest BCUT2D eigenvalue weighted by molar-refractivity contribution is 0.0963. The Morgan fingerprint density at radius 3 is 2.28 bits per heavy atom. The number of carbonyl (C=O) groups excluding carboxylic acids is 1. The predicted molar refractivity (Wildman–Crippen MR) is 99.1 cm³/mol. The molecule has 0 saturated heterocycles. The van der Waals surface area contributed by atoms with Gasteiger partial charge >= 0.3 is 0 Å². The minimum absolute atomic E-state index is 0.167. The largest absolute Gasteiger partial charge is 0.355 e. The molecule has 0 aliphatic rings. The van der Waals surface area contributed by atoms with E-state index < -0.39 is 10.0 Å². The highest BCUT2D eigenvalue weighted by Gasteiger charge is 2.23. The molecule has 0 spiro atoms. The Bertz CT molecular complexity index is 847. The van der Waals surface area contributed by atoms with Crippen molar-refractivity contribution in [3.8, 4) is 0 Å². The van der Waals surface area contributed by atoms with Gasteiger partial charge in [0.1, 0.15) is 0 Å². The molecule has 2 aromatic rings. The number of rotatable bonds is 7. The lowest BCUT2D eigenvalue weighted by atomic mass is 10.1. The zero-order valence-corrected chi connectivity index (χ0v) is 15.3. The van der Waals surface area contributed by atoms with Crippen molar-refractivity contribution < 1.29 is 13.2 Å². The first-order valence-electron chi connectivity index (χ1n) is 7.56. The molecule has 0 bridgehead atoms. The van der Waals surface area contributed by atoms with Crippen LogP contribution < -0.4 is 5.32 Å². The molecule has 2 rings (SSSR count). The number of benzene rings is 2. The molecule has 0 aliphatic heterocycles. The van der Waals surface area contributed by atoms with Gasteiger partial charge in [-0.05, 0) is 42.0 Å². The zero-order chi connectivity index (χ0) is 18.4. The quantitative estimate of drug-likeness (QED) is 0.753. The second-order valence-electron chi connectivity index (χ2n) is 5.32. The van der Waals surface area contributed by atoms with Crippen LogP contribution in [0.2, 0.25) is 5.02 Å². The van der Waals surface area contributed by atoms with E-state index in [2.05, 4.69) is 11.9 Å². The summed E-state index contributed by atoms with van der Waals surface area (Å²) in [4.78, 5) is 11.7. The van der Waals surface area contributed by atoms with Crippen molar-refractivity contribution in [2.75, 3.05) is 13.6 Å². The van der Waals surface area contributed by atoms with Gasteiger partial charge in [-0.1, -0.05) is 29.8 Å². The number of nitrogens with zero attached hydrogens (tertiary/aromatic N) is 1. The zero-order valence-electron chi connectivity index (χ0n) is 13.8. The van der Waals surface area contributed by atoms with E-state index in [0.717, 1.165) is 5.56 Å². The molecule has 0 fully saturated rings. The minimum atomic E-state index is -3.69. The molecule has 0 radical (unpaired) electrons. The van der Waals surface area contributed by atoms with Crippen LogP contribution in [0.4, 0.5) is 0 Å². The first kappa shape index (κ1) is 19.2. The molecule has 0 unspecified atom stereocenters. The number of carbonyl (C=O) groups is 1. The molecule has 7 heteroatoms. The molecular formula is C18H19ClN2O3S. The molecule has 0 saturated carbocycles. The van der Waals surface area contributed by atoms with Gasteiger partial charge in [0.2, 0.25) is 10.0 Å². The van der Waals surface area contributed by atoms with Gasteiger partial charge in [-0.2, -0.15) is 4.31 Å². The molecule has 1 N–H and O–H groups in total. The summed E-state index contributed by atoms with van der Waals surface area (Å²) in [7, 11) is -2.13. The van der Waals surface area contributed by atoms with Gasteiger partial charge in [-0.25, -0.2) is 8.42 Å². The average Bonchev–Trinajstić information content (AvgIpc) is 2.61. The van der Waals surface area contributed by atoms with E-state index in [1.165, 1.54) is 22.5 Å². The Kier molecular flexibility index (Phi) is 6.36. The van der Waals surface area contributed by atoms with Crippen LogP contribution in [0.25, 0.3) is 0 Å². The van der Waals surface area contributed by atoms with Crippen LogP contribution in [0.3, 0.4) is 0 Å². The molecule has 0 aromatic heterocycles. The minimum Gasteiger partial charge on any atom is -0.355 e. The summed E-state index contributed by atoms with van der Waals surface area (Å²) in [5.74, 6) is -0.191. The molecule has 132 valence electrons. The molecule has 25 heavy (non-hydrogen) atoms. The van der Waals surface area contributed by atoms with Crippen LogP contribution in [-0.2, 0) is 16.6 Å². The SMILES string of the molecule is C=CCN(Cc1ccc(C(=O)NC)cc1)S(=O)(=O)c1ccc(Cl)cc1. The number of nitrogens with one attached hydrogen (secondary N) is 1. The Labute approximate surface area is 153 Å². The van der Waals surface area contributed by atoms with Crippen LogP contribution >= 0.6 is 11.6 Å². The van der Waals surface area contributed by atoms with Gasteiger partial charge < -0.3 is 5.32 Å². The third kappa shape index (κ3) is 4.69. The predicted octanol–water partition coefficient (Wildman–Crippen LogP) is 3.08. The second-order valence-corrected chi connectivity index (χ2v) is 7.69. The number of hydrogen-bond acceptors (Lipinski definition) is 3. The van der Waals surface area contributed by atoms with E-state index in [9.17, 15) is 13.2 Å². The highest BCUT2D eigenvalue weighted by Crippen LogP contribution is 2.20. The number of hydrogen-bond donors (Lipinski definition) is 1. The van der Waals surface area contributed by atoms with Crippen molar-refractivity contribution >= 4 is 27.5 Å². The Hall–Kier alpha value is -2.15. The topological polar surface area (TPSA) is 66.5 Å². The van der Waals surface area contributed by atoms with Crippen LogP contribution in [-0.4, -0.2) is 32.2 Å². The second kappa shape index (κ2) is 8.29. The molecular weight excluding hydrogens is 360 g/mol. The van der Waals surface area contributed by atoms with E-state index in [-0.39, 0.29) is 23.9 Å². The highest BCUT2D eigenvalue weighted by molar-refractivity contribution is 7.89. The fourth-order valence-electron chi connectivity index (χ4n) is 2.26. The molecule has 0 heterocycles. The van der Waals surface area contributed by atoms with Crippen molar-refractivity contribution in [2.45, 2.75) is 11.4 Å². The molecule has 5 nitrogen and oxygen atoms in total. The molecule has 0 atom stereocenters. The Morgan fingerprint density at radius 2 is 1.76 bits per heavy atom. The van der Waals surface area contributed by atoms with E-state index >= 15 is 0 Å². The van der Waals surface area contributed by atoms with Crippen molar-refractivity contribution in [3.63, 3.8) is 0 Å². The number of sulfonamides is 1. The van der Waals surface area contributed by atoms with Crippen molar-refractivity contribution in [1.29, 1.82) is 0 Å². The van der Waals surface area contributed by atoms with Gasteiger partial charge in [0.15, 0.2) is 0 Å². The summed E-state index contributed by atoms with van der Waals surface area (Å²) in [6.07, 6.45) is 1.53. The summed E-state index contributed by atoms with van der Waals surface area (Å²) in [6, 6.07) is 12.8. The summed E-state index contributed by atoms with van der Waals surface area (Å²) in [5.41, 5.74) is 1.29. The standard InChI is InChI=1S/C18H19ClN2O3S/c1-3-12-21(25(23,24)17-10-8-16(19)9-11-17)13-14-4-6-15(7-5-14)18(22)20-2/h3-11H,1,12-13H2,2H3,(H,20,22). The summed E-state index contributed by atoms with van der Waals surface area (Å²) >= 11 is 5.83. The Balaban J connectivity index is 2.27. The van der Waals surface area contributed by atoms with Gasteiger partial charge in [-0.15, -0.1) is 6.58 Å². The lowest BCUT2D eigenvalue weighted by Crippen LogP contribution is -2.30.